The molecule has 3 N–H and O–H groups in total. The summed E-state index contributed by atoms with van der Waals surface area (Å²) in [5.74, 6) is -1.03. The Kier molecular flexibility index (Phi) is 9.39. The maximum absolute atomic E-state index is 14.4. The molecular weight excluding hydrogens is 534 g/mol. The van der Waals surface area contributed by atoms with E-state index in [-0.39, 0.29) is 17.5 Å². The highest BCUT2D eigenvalue weighted by molar-refractivity contribution is 6.30. The van der Waals surface area contributed by atoms with Crippen molar-refractivity contribution in [3.05, 3.63) is 70.2 Å². The van der Waals surface area contributed by atoms with E-state index >= 15 is 0 Å². The van der Waals surface area contributed by atoms with Gasteiger partial charge in [0.05, 0.1) is 11.8 Å². The summed E-state index contributed by atoms with van der Waals surface area (Å²) in [5.41, 5.74) is 9.53. The van der Waals surface area contributed by atoms with Crippen LogP contribution in [0.25, 0.3) is 0 Å². The van der Waals surface area contributed by atoms with Gasteiger partial charge in [0.25, 0.3) is 0 Å². The summed E-state index contributed by atoms with van der Waals surface area (Å²) in [6.45, 7) is 10.6. The maximum atomic E-state index is 14.4. The first kappa shape index (κ1) is 30.0. The van der Waals surface area contributed by atoms with E-state index in [9.17, 15) is 9.59 Å². The van der Waals surface area contributed by atoms with Gasteiger partial charge in [-0.15, -0.1) is 0 Å². The van der Waals surface area contributed by atoms with Gasteiger partial charge in [0.1, 0.15) is 0 Å². The van der Waals surface area contributed by atoms with Crippen molar-refractivity contribution >= 4 is 23.4 Å². The van der Waals surface area contributed by atoms with E-state index in [1.54, 1.807) is 0 Å². The molecule has 3 heterocycles. The van der Waals surface area contributed by atoms with Crippen LogP contribution in [0.1, 0.15) is 55.8 Å². The van der Waals surface area contributed by atoms with Crippen molar-refractivity contribution in [3.8, 4) is 0 Å². The van der Waals surface area contributed by atoms with Crippen LogP contribution in [0.15, 0.2) is 48.5 Å². The number of fused-ring (bicyclic) bond motifs is 1. The molecule has 0 bridgehead atoms. The lowest BCUT2D eigenvalue weighted by Gasteiger charge is -2.52. The number of benzene rings is 2. The predicted octanol–water partition coefficient (Wildman–Crippen LogP) is 4.10. The van der Waals surface area contributed by atoms with Crippen molar-refractivity contribution in [2.45, 2.75) is 57.7 Å². The Bertz CT molecular complexity index is 1200. The number of hydrogen-bond donors (Lipinski definition) is 2. The second kappa shape index (κ2) is 12.8. The molecule has 2 aromatic rings. The van der Waals surface area contributed by atoms with E-state index in [4.69, 9.17) is 17.3 Å². The van der Waals surface area contributed by atoms with Crippen LogP contribution in [0.4, 0.5) is 0 Å². The zero-order chi connectivity index (χ0) is 29.1. The fraction of sp³-hybridized carbons (Fsp3) is 0.576. The van der Waals surface area contributed by atoms with Crippen LogP contribution in [0.3, 0.4) is 0 Å². The van der Waals surface area contributed by atoms with Crippen LogP contribution in [0, 0.1) is 17.8 Å². The number of piperazine rings is 1. The van der Waals surface area contributed by atoms with E-state index in [1.165, 1.54) is 19.3 Å². The van der Waals surface area contributed by atoms with Gasteiger partial charge in [0, 0.05) is 49.3 Å². The monoisotopic (exact) mass is 579 g/mol. The molecule has 0 radical (unpaired) electrons. The van der Waals surface area contributed by atoms with Gasteiger partial charge in [-0.1, -0.05) is 61.8 Å². The first-order valence-electron chi connectivity index (χ1n) is 15.2. The van der Waals surface area contributed by atoms with Gasteiger partial charge in [0.15, 0.2) is 0 Å². The Morgan fingerprint density at radius 3 is 2.29 bits per heavy atom. The molecule has 0 aromatic heterocycles. The van der Waals surface area contributed by atoms with Gasteiger partial charge in [-0.25, -0.2) is 0 Å². The molecule has 3 atom stereocenters. The number of halogens is 1. The molecule has 7 nitrogen and oxygen atoms in total. The third kappa shape index (κ3) is 6.64. The SMILES string of the molecule is CC(C)CC1(N2CCN(C(=O)C(Cc3ccc(Cl)cc3)C(C(N)=O)C3NCc4ccccc43)CC2)CCN(C)CC1. The second-order valence-corrected chi connectivity index (χ2v) is 13.3. The molecule has 3 aliphatic rings. The van der Waals surface area contributed by atoms with E-state index in [1.807, 2.05) is 47.4 Å². The third-order valence-electron chi connectivity index (χ3n) is 9.68. The lowest BCUT2D eigenvalue weighted by Crippen LogP contribution is -2.62. The van der Waals surface area contributed by atoms with Crippen LogP contribution in [0.5, 0.6) is 0 Å². The summed E-state index contributed by atoms with van der Waals surface area (Å²) in [6.07, 6.45) is 3.97. The standard InChI is InChI=1S/C33H46ClN5O2/c1-23(2)21-33(12-14-37(3)15-13-33)39-18-16-38(17-19-39)32(41)28(20-24-8-10-26(34)11-9-24)29(31(35)40)30-27-7-5-4-6-25(27)22-36-30/h4-11,23,28-30,36H,12-22H2,1-3H3,(H2,35,40). The predicted molar refractivity (Wildman–Crippen MR) is 164 cm³/mol. The zero-order valence-electron chi connectivity index (χ0n) is 24.8. The molecule has 0 aliphatic carbocycles. The smallest absolute Gasteiger partial charge is 0.226 e. The highest BCUT2D eigenvalue weighted by Gasteiger charge is 2.45. The van der Waals surface area contributed by atoms with Crippen molar-refractivity contribution in [2.75, 3.05) is 46.3 Å². The number of hydrogen-bond acceptors (Lipinski definition) is 5. The van der Waals surface area contributed by atoms with Gasteiger partial charge in [-0.05, 0) is 80.6 Å². The van der Waals surface area contributed by atoms with E-state index < -0.39 is 17.7 Å². The number of nitrogens with zero attached hydrogens (tertiary/aromatic N) is 3. The summed E-state index contributed by atoms with van der Waals surface area (Å²) < 4.78 is 0. The van der Waals surface area contributed by atoms with Crippen LogP contribution in [-0.4, -0.2) is 78.4 Å². The fourth-order valence-electron chi connectivity index (χ4n) is 7.57. The first-order valence-corrected chi connectivity index (χ1v) is 15.6. The quantitative estimate of drug-likeness (QED) is 0.467. The Hall–Kier alpha value is -2.45. The van der Waals surface area contributed by atoms with E-state index in [0.717, 1.165) is 42.9 Å². The number of rotatable bonds is 9. The summed E-state index contributed by atoms with van der Waals surface area (Å²) >= 11 is 6.17. The molecule has 0 saturated carbocycles. The minimum Gasteiger partial charge on any atom is -0.369 e. The van der Waals surface area contributed by atoms with Gasteiger partial charge < -0.3 is 20.9 Å². The van der Waals surface area contributed by atoms with Crippen molar-refractivity contribution in [1.82, 2.24) is 20.0 Å². The molecule has 41 heavy (non-hydrogen) atoms. The average Bonchev–Trinajstić information content (AvgIpc) is 3.38. The third-order valence-corrected chi connectivity index (χ3v) is 9.93. The fourth-order valence-corrected chi connectivity index (χ4v) is 7.69. The van der Waals surface area contributed by atoms with Crippen molar-refractivity contribution in [2.24, 2.45) is 23.5 Å². The molecule has 2 aromatic carbocycles. The van der Waals surface area contributed by atoms with E-state index in [0.29, 0.717) is 37.0 Å². The number of nitrogens with two attached hydrogens (primary N) is 1. The number of carbonyl (C=O) groups is 2. The normalized spacial score (nSPS) is 22.9. The first-order chi connectivity index (χ1) is 19.7. The number of primary amides is 1. The zero-order valence-corrected chi connectivity index (χ0v) is 25.6. The molecule has 3 unspecified atom stereocenters. The molecule has 0 spiro atoms. The second-order valence-electron chi connectivity index (χ2n) is 12.9. The highest BCUT2D eigenvalue weighted by Crippen LogP contribution is 2.39. The Morgan fingerprint density at radius 2 is 1.66 bits per heavy atom. The Morgan fingerprint density at radius 1 is 1.00 bits per heavy atom. The Labute approximate surface area is 250 Å². The van der Waals surface area contributed by atoms with E-state index in [2.05, 4.69) is 42.1 Å². The molecule has 2 saturated heterocycles. The summed E-state index contributed by atoms with van der Waals surface area (Å²) in [4.78, 5) is 34.7. The molecule has 5 rings (SSSR count). The lowest BCUT2D eigenvalue weighted by molar-refractivity contribution is -0.145. The number of likely N-dealkylation sites (tertiary alicyclic amines) is 1. The molecule has 222 valence electrons. The highest BCUT2D eigenvalue weighted by atomic mass is 35.5. The molecule has 8 heteroatoms. The van der Waals surface area contributed by atoms with Crippen LogP contribution < -0.4 is 11.1 Å². The van der Waals surface area contributed by atoms with Crippen LogP contribution in [0.2, 0.25) is 5.02 Å². The number of amides is 2. The van der Waals surface area contributed by atoms with Crippen molar-refractivity contribution < 1.29 is 9.59 Å². The van der Waals surface area contributed by atoms with Crippen LogP contribution >= 0.6 is 11.6 Å². The maximum Gasteiger partial charge on any atom is 0.226 e. The molecule has 2 fully saturated rings. The average molecular weight is 580 g/mol. The number of carbonyl (C=O) groups excluding carboxylic acids is 2. The molecule has 3 aliphatic heterocycles. The van der Waals surface area contributed by atoms with Crippen molar-refractivity contribution in [1.29, 1.82) is 0 Å². The number of piperidine rings is 1. The summed E-state index contributed by atoms with van der Waals surface area (Å²) in [6, 6.07) is 15.4. The van der Waals surface area contributed by atoms with Gasteiger partial charge >= 0.3 is 0 Å². The summed E-state index contributed by atoms with van der Waals surface area (Å²) in [5, 5.41) is 4.16. The summed E-state index contributed by atoms with van der Waals surface area (Å²) in [7, 11) is 2.21. The van der Waals surface area contributed by atoms with Gasteiger partial charge in [0.2, 0.25) is 11.8 Å². The van der Waals surface area contributed by atoms with Gasteiger partial charge in [-0.3, -0.25) is 14.5 Å². The Balaban J connectivity index is 1.38. The molecular formula is C33H46ClN5O2. The van der Waals surface area contributed by atoms with Crippen molar-refractivity contribution in [3.63, 3.8) is 0 Å². The minimum absolute atomic E-state index is 0.0240. The largest absolute Gasteiger partial charge is 0.369 e. The lowest BCUT2D eigenvalue weighted by atomic mass is 9.77. The van der Waals surface area contributed by atoms with Crippen LogP contribution in [-0.2, 0) is 22.6 Å². The topological polar surface area (TPSA) is 81.9 Å². The molecule has 2 amide bonds. The van der Waals surface area contributed by atoms with Gasteiger partial charge in [-0.2, -0.15) is 0 Å². The minimum atomic E-state index is -0.666. The number of nitrogens with one attached hydrogen (secondary N) is 1.